The van der Waals surface area contributed by atoms with E-state index in [1.54, 1.807) is 25.2 Å². The number of thiazole rings is 1. The number of anilines is 1. The molecule has 0 atom stereocenters. The normalized spacial score (nSPS) is 18.2. The average Bonchev–Trinajstić information content (AvgIpc) is 3.55. The number of piperidine rings is 1. The molecule has 0 unspecified atom stereocenters. The molecule has 1 N–H and O–H groups in total. The predicted octanol–water partition coefficient (Wildman–Crippen LogP) is 4.43. The van der Waals surface area contributed by atoms with Crippen LogP contribution in [-0.4, -0.2) is 76.6 Å². The molecule has 0 saturated carbocycles. The van der Waals surface area contributed by atoms with Crippen LogP contribution in [0.5, 0.6) is 5.19 Å². The summed E-state index contributed by atoms with van der Waals surface area (Å²) in [7, 11) is -3.40. The Labute approximate surface area is 233 Å². The summed E-state index contributed by atoms with van der Waals surface area (Å²) in [5, 5.41) is 14.6. The summed E-state index contributed by atoms with van der Waals surface area (Å²) in [5.41, 5.74) is 2.12. The van der Waals surface area contributed by atoms with Gasteiger partial charge >= 0.3 is 6.01 Å². The molecular formula is C27H37N5O5S2. The third-order valence-electron chi connectivity index (χ3n) is 7.20. The first kappa shape index (κ1) is 28.0. The number of hydrogen-bond donors (Lipinski definition) is 1. The number of sulfonamides is 1. The molecule has 3 aromatic rings. The highest BCUT2D eigenvalue weighted by atomic mass is 32.2. The molecule has 0 spiro atoms. The quantitative estimate of drug-likeness (QED) is 0.395. The van der Waals surface area contributed by atoms with Gasteiger partial charge in [-0.3, -0.25) is 0 Å². The number of ether oxygens (including phenoxy) is 1. The topological polar surface area (TPSA) is 122 Å². The van der Waals surface area contributed by atoms with Crippen LogP contribution in [0, 0.1) is 0 Å². The van der Waals surface area contributed by atoms with Gasteiger partial charge in [-0.1, -0.05) is 42.5 Å². The molecular weight excluding hydrogens is 538 g/mol. The molecule has 2 aliphatic rings. The second kappa shape index (κ2) is 11.1. The molecule has 5 rings (SSSR count). The molecule has 4 heterocycles. The minimum atomic E-state index is -3.40. The van der Waals surface area contributed by atoms with E-state index in [0.717, 1.165) is 53.1 Å². The fourth-order valence-corrected chi connectivity index (χ4v) is 7.33. The van der Waals surface area contributed by atoms with Crippen molar-refractivity contribution in [2.45, 2.75) is 71.0 Å². The van der Waals surface area contributed by atoms with Crippen molar-refractivity contribution in [3.63, 3.8) is 0 Å². The van der Waals surface area contributed by atoms with Crippen LogP contribution in [0.4, 0.5) is 6.01 Å². The van der Waals surface area contributed by atoms with E-state index >= 15 is 0 Å². The van der Waals surface area contributed by atoms with Crippen LogP contribution in [0.15, 0.2) is 28.8 Å². The number of aliphatic hydroxyl groups is 1. The van der Waals surface area contributed by atoms with E-state index < -0.39 is 15.6 Å². The van der Waals surface area contributed by atoms with E-state index in [-0.39, 0.29) is 24.2 Å². The monoisotopic (exact) mass is 575 g/mol. The zero-order chi connectivity index (χ0) is 27.8. The van der Waals surface area contributed by atoms with E-state index in [2.05, 4.69) is 21.1 Å². The highest BCUT2D eigenvalue weighted by molar-refractivity contribution is 7.89. The fraction of sp³-hybridized carbons (Fsp3) is 0.593. The summed E-state index contributed by atoms with van der Waals surface area (Å²) in [6.07, 6.45) is 4.63. The molecule has 10 nitrogen and oxygen atoms in total. The van der Waals surface area contributed by atoms with E-state index in [0.29, 0.717) is 30.7 Å². The summed E-state index contributed by atoms with van der Waals surface area (Å²) in [6, 6.07) is 6.75. The van der Waals surface area contributed by atoms with Gasteiger partial charge < -0.3 is 19.3 Å². The number of nitrogens with zero attached hydrogens (tertiary/aromatic N) is 5. The van der Waals surface area contributed by atoms with Crippen molar-refractivity contribution < 1.29 is 22.8 Å². The lowest BCUT2D eigenvalue weighted by molar-refractivity contribution is 0.0769. The summed E-state index contributed by atoms with van der Waals surface area (Å²) in [4.78, 5) is 11.3. The second-order valence-electron chi connectivity index (χ2n) is 11.3. The Morgan fingerprint density at radius 1 is 1.21 bits per heavy atom. The maximum absolute atomic E-state index is 12.7. The summed E-state index contributed by atoms with van der Waals surface area (Å²) in [6.45, 7) is 9.72. The van der Waals surface area contributed by atoms with Gasteiger partial charge in [0, 0.05) is 44.9 Å². The Morgan fingerprint density at radius 2 is 1.97 bits per heavy atom. The van der Waals surface area contributed by atoms with Crippen LogP contribution in [0.3, 0.4) is 0 Å². The maximum Gasteiger partial charge on any atom is 0.324 e. The van der Waals surface area contributed by atoms with Crippen molar-refractivity contribution in [3.8, 4) is 5.19 Å². The fourth-order valence-electron chi connectivity index (χ4n) is 4.72. The van der Waals surface area contributed by atoms with Gasteiger partial charge in [-0.15, -0.1) is 0 Å². The predicted molar refractivity (Wildman–Crippen MR) is 153 cm³/mol. The molecule has 0 amide bonds. The molecule has 0 radical (unpaired) electrons. The van der Waals surface area contributed by atoms with Crippen molar-refractivity contribution in [2.24, 2.45) is 0 Å². The Balaban J connectivity index is 1.18. The molecule has 0 bridgehead atoms. The number of aromatic nitrogens is 3. The van der Waals surface area contributed by atoms with Crippen LogP contribution < -0.4 is 9.64 Å². The smallest absolute Gasteiger partial charge is 0.324 e. The molecule has 2 aliphatic heterocycles. The van der Waals surface area contributed by atoms with Gasteiger partial charge in [0.2, 0.25) is 10.0 Å². The van der Waals surface area contributed by atoms with Gasteiger partial charge in [-0.2, -0.15) is 9.29 Å². The van der Waals surface area contributed by atoms with E-state index in [4.69, 9.17) is 14.2 Å². The van der Waals surface area contributed by atoms with E-state index in [9.17, 15) is 13.5 Å². The largest absolute Gasteiger partial charge is 0.467 e. The SMILES string of the molecule is CC(C)c1noc(N2CCC(Oc3nc4ccc(C5=CCN(S(=O)(=O)CCC(C)(C)O)CC5)cc4s3)CC2)n1. The van der Waals surface area contributed by atoms with Gasteiger partial charge in [0.1, 0.15) is 6.10 Å². The van der Waals surface area contributed by atoms with Gasteiger partial charge in [0.05, 0.1) is 21.6 Å². The summed E-state index contributed by atoms with van der Waals surface area (Å²) < 4.78 is 39.6. The van der Waals surface area contributed by atoms with Crippen molar-refractivity contribution in [3.05, 3.63) is 35.7 Å². The number of hydrogen-bond acceptors (Lipinski definition) is 10. The highest BCUT2D eigenvalue weighted by Gasteiger charge is 2.28. The van der Waals surface area contributed by atoms with Crippen molar-refractivity contribution in [2.75, 3.05) is 36.8 Å². The molecule has 1 fully saturated rings. The molecule has 212 valence electrons. The van der Waals surface area contributed by atoms with Crippen molar-refractivity contribution in [1.29, 1.82) is 0 Å². The third kappa shape index (κ3) is 6.79. The van der Waals surface area contributed by atoms with E-state index in [1.165, 1.54) is 4.31 Å². The van der Waals surface area contributed by atoms with Crippen molar-refractivity contribution in [1.82, 2.24) is 19.4 Å². The minimum Gasteiger partial charge on any atom is -0.467 e. The Bertz CT molecular complexity index is 1430. The lowest BCUT2D eigenvalue weighted by Gasteiger charge is -2.29. The Kier molecular flexibility index (Phi) is 8.01. The first-order chi connectivity index (χ1) is 18.5. The van der Waals surface area contributed by atoms with Gasteiger partial charge in [-0.25, -0.2) is 13.4 Å². The van der Waals surface area contributed by atoms with Crippen molar-refractivity contribution >= 4 is 43.2 Å². The molecule has 12 heteroatoms. The lowest BCUT2D eigenvalue weighted by Crippen LogP contribution is -2.38. The minimum absolute atomic E-state index is 0.0513. The third-order valence-corrected chi connectivity index (χ3v) is 9.95. The van der Waals surface area contributed by atoms with Gasteiger partial charge in [-0.05, 0) is 50.0 Å². The zero-order valence-corrected chi connectivity index (χ0v) is 24.6. The summed E-state index contributed by atoms with van der Waals surface area (Å²) >= 11 is 1.54. The van der Waals surface area contributed by atoms with Crippen LogP contribution in [-0.2, 0) is 10.0 Å². The van der Waals surface area contributed by atoms with Gasteiger partial charge in [0.15, 0.2) is 5.82 Å². The molecule has 2 aromatic heterocycles. The maximum atomic E-state index is 12.7. The van der Waals surface area contributed by atoms with Gasteiger partial charge in [0.25, 0.3) is 5.19 Å². The molecule has 1 saturated heterocycles. The number of benzene rings is 1. The van der Waals surface area contributed by atoms with Crippen LogP contribution >= 0.6 is 11.3 Å². The Hall–Kier alpha value is -2.54. The zero-order valence-electron chi connectivity index (χ0n) is 23.0. The molecule has 1 aromatic carbocycles. The van der Waals surface area contributed by atoms with Crippen LogP contribution in [0.1, 0.15) is 70.7 Å². The summed E-state index contributed by atoms with van der Waals surface area (Å²) in [5.74, 6) is 0.911. The average molecular weight is 576 g/mol. The lowest BCUT2D eigenvalue weighted by atomic mass is 10.0. The first-order valence-electron chi connectivity index (χ1n) is 13.5. The highest BCUT2D eigenvalue weighted by Crippen LogP contribution is 2.34. The standard InChI is InChI=1S/C27H37N5O5S2/c1-18(2)24-29-25(37-30-24)31-12-9-21(10-13-31)36-26-28-22-6-5-20(17-23(22)38-26)19-7-14-32(15-8-19)39(34,35)16-11-27(3,4)33/h5-7,17-18,21,33H,8-16H2,1-4H3. The number of rotatable bonds is 9. The first-order valence-corrected chi connectivity index (χ1v) is 15.9. The number of fused-ring (bicyclic) bond motifs is 1. The van der Waals surface area contributed by atoms with E-state index in [1.807, 2.05) is 32.1 Å². The molecule has 39 heavy (non-hydrogen) atoms. The molecule has 0 aliphatic carbocycles. The second-order valence-corrected chi connectivity index (χ2v) is 14.4. The Morgan fingerprint density at radius 3 is 2.62 bits per heavy atom. The van der Waals surface area contributed by atoms with Crippen LogP contribution in [0.2, 0.25) is 0 Å². The van der Waals surface area contributed by atoms with Crippen LogP contribution in [0.25, 0.3) is 15.8 Å².